The van der Waals surface area contributed by atoms with E-state index in [1.54, 1.807) is 0 Å². The van der Waals surface area contributed by atoms with Crippen LogP contribution in [-0.2, 0) is 6.42 Å². The zero-order valence-corrected chi connectivity index (χ0v) is 7.16. The normalized spacial score (nSPS) is 16.9. The van der Waals surface area contributed by atoms with Crippen molar-refractivity contribution in [2.45, 2.75) is 25.7 Å². The van der Waals surface area contributed by atoms with Crippen LogP contribution in [0.5, 0.6) is 0 Å². The Kier molecular flexibility index (Phi) is 2.00. The molecule has 0 spiro atoms. The van der Waals surface area contributed by atoms with E-state index in [0.29, 0.717) is 11.7 Å². The Hall–Kier alpha value is -1.39. The van der Waals surface area contributed by atoms with Crippen molar-refractivity contribution in [1.29, 1.82) is 0 Å². The molecule has 0 bridgehead atoms. The molecule has 0 saturated heterocycles. The lowest BCUT2D eigenvalue weighted by Crippen LogP contribution is -2.14. The van der Waals surface area contributed by atoms with Crippen molar-refractivity contribution >= 4 is 5.97 Å². The molecule has 1 fully saturated rings. The predicted octanol–water partition coefficient (Wildman–Crippen LogP) is 0.845. The molecular formula is C8H11N3O2. The minimum absolute atomic E-state index is 0.130. The zero-order chi connectivity index (χ0) is 9.26. The quantitative estimate of drug-likeness (QED) is 0.724. The maximum atomic E-state index is 10.4. The molecule has 1 saturated carbocycles. The van der Waals surface area contributed by atoms with Crippen LogP contribution in [0.2, 0.25) is 0 Å². The molecule has 5 heteroatoms. The van der Waals surface area contributed by atoms with E-state index < -0.39 is 5.97 Å². The number of aromatic carboxylic acids is 1. The van der Waals surface area contributed by atoms with Crippen LogP contribution in [0.15, 0.2) is 0 Å². The van der Waals surface area contributed by atoms with E-state index in [1.807, 2.05) is 0 Å². The molecule has 0 amide bonds. The SMILES string of the molecule is O=C(O)c1n[nH]c(CC2CCC2)n1. The average Bonchev–Trinajstić information content (AvgIpc) is 2.44. The van der Waals surface area contributed by atoms with Gasteiger partial charge in [-0.1, -0.05) is 19.3 Å². The summed E-state index contributed by atoms with van der Waals surface area (Å²) in [5.74, 6) is 0.169. The predicted molar refractivity (Wildman–Crippen MR) is 44.4 cm³/mol. The Morgan fingerprint density at radius 2 is 2.38 bits per heavy atom. The number of carboxylic acids is 1. The molecule has 1 aliphatic rings. The summed E-state index contributed by atoms with van der Waals surface area (Å²) in [6.07, 6.45) is 4.57. The van der Waals surface area contributed by atoms with Gasteiger partial charge in [0.05, 0.1) is 0 Å². The van der Waals surface area contributed by atoms with E-state index in [-0.39, 0.29) is 5.82 Å². The smallest absolute Gasteiger partial charge is 0.375 e. The fourth-order valence-electron chi connectivity index (χ4n) is 1.45. The van der Waals surface area contributed by atoms with Gasteiger partial charge in [-0.15, -0.1) is 5.10 Å². The molecule has 1 aliphatic carbocycles. The molecule has 5 nitrogen and oxygen atoms in total. The second-order valence-electron chi connectivity index (χ2n) is 3.41. The maximum absolute atomic E-state index is 10.4. The molecule has 0 aliphatic heterocycles. The largest absolute Gasteiger partial charge is 0.475 e. The van der Waals surface area contributed by atoms with Crippen molar-refractivity contribution in [1.82, 2.24) is 15.2 Å². The molecule has 70 valence electrons. The van der Waals surface area contributed by atoms with Crippen LogP contribution < -0.4 is 0 Å². The Balaban J connectivity index is 2.00. The fraction of sp³-hybridized carbons (Fsp3) is 0.625. The molecule has 1 heterocycles. The van der Waals surface area contributed by atoms with E-state index in [4.69, 9.17) is 5.11 Å². The van der Waals surface area contributed by atoms with E-state index >= 15 is 0 Å². The van der Waals surface area contributed by atoms with Crippen molar-refractivity contribution in [2.75, 3.05) is 0 Å². The zero-order valence-electron chi connectivity index (χ0n) is 7.16. The third kappa shape index (κ3) is 1.68. The van der Waals surface area contributed by atoms with E-state index in [9.17, 15) is 4.79 Å². The van der Waals surface area contributed by atoms with Gasteiger partial charge in [-0.2, -0.15) is 0 Å². The Morgan fingerprint density at radius 1 is 1.62 bits per heavy atom. The first-order valence-electron chi connectivity index (χ1n) is 4.40. The second-order valence-corrected chi connectivity index (χ2v) is 3.41. The first kappa shape index (κ1) is 8.22. The average molecular weight is 181 g/mol. The van der Waals surface area contributed by atoms with Gasteiger partial charge in [-0.25, -0.2) is 9.78 Å². The van der Waals surface area contributed by atoms with Gasteiger partial charge in [-0.05, 0) is 5.92 Å². The lowest BCUT2D eigenvalue weighted by Gasteiger charge is -2.23. The summed E-state index contributed by atoms with van der Waals surface area (Å²) in [5.41, 5.74) is 0. The van der Waals surface area contributed by atoms with Gasteiger partial charge >= 0.3 is 5.97 Å². The van der Waals surface area contributed by atoms with Crippen LogP contribution >= 0.6 is 0 Å². The van der Waals surface area contributed by atoms with E-state index in [1.165, 1.54) is 19.3 Å². The van der Waals surface area contributed by atoms with Gasteiger partial charge in [-0.3, -0.25) is 5.10 Å². The first-order valence-corrected chi connectivity index (χ1v) is 4.40. The number of carboxylic acid groups (broad SMARTS) is 1. The van der Waals surface area contributed by atoms with Gasteiger partial charge in [0.25, 0.3) is 5.82 Å². The van der Waals surface area contributed by atoms with Gasteiger partial charge in [0.15, 0.2) is 0 Å². The molecule has 1 aromatic heterocycles. The number of nitrogens with zero attached hydrogens (tertiary/aromatic N) is 2. The summed E-state index contributed by atoms with van der Waals surface area (Å²) in [7, 11) is 0. The number of H-pyrrole nitrogens is 1. The van der Waals surface area contributed by atoms with Crippen molar-refractivity contribution < 1.29 is 9.90 Å². The topological polar surface area (TPSA) is 78.9 Å². The van der Waals surface area contributed by atoms with Gasteiger partial charge in [0.2, 0.25) is 0 Å². The monoisotopic (exact) mass is 181 g/mol. The summed E-state index contributed by atoms with van der Waals surface area (Å²) in [4.78, 5) is 14.3. The van der Waals surface area contributed by atoms with Crippen LogP contribution in [-0.4, -0.2) is 26.3 Å². The van der Waals surface area contributed by atoms with Crippen molar-refractivity contribution in [3.63, 3.8) is 0 Å². The number of carbonyl (C=O) groups is 1. The van der Waals surface area contributed by atoms with Gasteiger partial charge in [0, 0.05) is 6.42 Å². The maximum Gasteiger partial charge on any atom is 0.375 e. The van der Waals surface area contributed by atoms with Crippen LogP contribution in [0.1, 0.15) is 35.7 Å². The number of hydrogen-bond acceptors (Lipinski definition) is 3. The lowest BCUT2D eigenvalue weighted by atomic mass is 9.83. The summed E-state index contributed by atoms with van der Waals surface area (Å²) in [5, 5.41) is 14.8. The molecule has 0 radical (unpaired) electrons. The molecular weight excluding hydrogens is 170 g/mol. The minimum Gasteiger partial charge on any atom is -0.475 e. The highest BCUT2D eigenvalue weighted by atomic mass is 16.4. The fourth-order valence-corrected chi connectivity index (χ4v) is 1.45. The summed E-state index contributed by atoms with van der Waals surface area (Å²) >= 11 is 0. The molecule has 1 aromatic rings. The van der Waals surface area contributed by atoms with Crippen molar-refractivity contribution in [3.05, 3.63) is 11.6 Å². The minimum atomic E-state index is -1.07. The molecule has 13 heavy (non-hydrogen) atoms. The van der Waals surface area contributed by atoms with Gasteiger partial charge < -0.3 is 5.11 Å². The third-order valence-corrected chi connectivity index (χ3v) is 2.43. The van der Waals surface area contributed by atoms with E-state index in [0.717, 1.165) is 6.42 Å². The molecule has 2 N–H and O–H groups in total. The number of rotatable bonds is 3. The summed E-state index contributed by atoms with van der Waals surface area (Å²) < 4.78 is 0. The van der Waals surface area contributed by atoms with Crippen molar-refractivity contribution in [2.24, 2.45) is 5.92 Å². The third-order valence-electron chi connectivity index (χ3n) is 2.43. The number of aromatic amines is 1. The Labute approximate surface area is 75.2 Å². The lowest BCUT2D eigenvalue weighted by molar-refractivity contribution is 0.0684. The highest BCUT2D eigenvalue weighted by molar-refractivity contribution is 5.82. The Bertz CT molecular complexity index is 317. The van der Waals surface area contributed by atoms with E-state index in [2.05, 4.69) is 15.2 Å². The van der Waals surface area contributed by atoms with Crippen LogP contribution in [0.25, 0.3) is 0 Å². The highest BCUT2D eigenvalue weighted by Gasteiger charge is 2.20. The summed E-state index contributed by atoms with van der Waals surface area (Å²) in [6.45, 7) is 0. The highest BCUT2D eigenvalue weighted by Crippen LogP contribution is 2.28. The standard InChI is InChI=1S/C8H11N3O2/c12-8(13)7-9-6(10-11-7)4-5-2-1-3-5/h5H,1-4H2,(H,12,13)(H,9,10,11). The van der Waals surface area contributed by atoms with Crippen LogP contribution in [0, 0.1) is 5.92 Å². The molecule has 0 aromatic carbocycles. The molecule has 0 atom stereocenters. The summed E-state index contributed by atoms with van der Waals surface area (Å²) in [6, 6.07) is 0. The number of hydrogen-bond donors (Lipinski definition) is 2. The van der Waals surface area contributed by atoms with Crippen molar-refractivity contribution in [3.8, 4) is 0 Å². The second kappa shape index (κ2) is 3.16. The first-order chi connectivity index (χ1) is 6.25. The van der Waals surface area contributed by atoms with Gasteiger partial charge in [0.1, 0.15) is 5.82 Å². The molecule has 0 unspecified atom stereocenters. The Morgan fingerprint density at radius 3 is 2.85 bits per heavy atom. The number of aromatic nitrogens is 3. The van der Waals surface area contributed by atoms with Crippen LogP contribution in [0.4, 0.5) is 0 Å². The number of nitrogens with one attached hydrogen (secondary N) is 1. The molecule has 2 rings (SSSR count). The van der Waals surface area contributed by atoms with Crippen LogP contribution in [0.3, 0.4) is 0 Å².